The molecule has 0 aliphatic carbocycles. The van der Waals surface area contributed by atoms with Crippen molar-refractivity contribution in [2.75, 3.05) is 25.6 Å². The number of nitrogens with zero attached hydrogens (tertiary/aromatic N) is 2. The summed E-state index contributed by atoms with van der Waals surface area (Å²) in [6.45, 7) is 0.879. The van der Waals surface area contributed by atoms with E-state index >= 15 is 0 Å². The third-order valence-corrected chi connectivity index (χ3v) is 5.68. The number of nitrogens with one attached hydrogen (secondary N) is 1. The van der Waals surface area contributed by atoms with Crippen LogP contribution in [0.4, 0.5) is 5.82 Å². The van der Waals surface area contributed by atoms with Crippen molar-refractivity contribution in [1.82, 2.24) is 9.97 Å². The van der Waals surface area contributed by atoms with Gasteiger partial charge in [0.15, 0.2) is 6.04 Å². The third-order valence-electron chi connectivity index (χ3n) is 5.68. The van der Waals surface area contributed by atoms with Crippen LogP contribution < -0.4 is 15.8 Å². The quantitative estimate of drug-likeness (QED) is 0.130. The van der Waals surface area contributed by atoms with Gasteiger partial charge >= 0.3 is 5.97 Å². The van der Waals surface area contributed by atoms with Crippen LogP contribution in [0.3, 0.4) is 0 Å². The van der Waals surface area contributed by atoms with Crippen molar-refractivity contribution in [3.63, 3.8) is 0 Å². The minimum atomic E-state index is -1.22. The predicted molar refractivity (Wildman–Crippen MR) is 137 cm³/mol. The number of fused-ring (bicyclic) bond motifs is 1. The van der Waals surface area contributed by atoms with Crippen LogP contribution >= 0.6 is 0 Å². The molecule has 0 bridgehead atoms. The number of esters is 1. The van der Waals surface area contributed by atoms with Gasteiger partial charge in [0.05, 0.1) is 19.1 Å². The van der Waals surface area contributed by atoms with E-state index in [2.05, 4.69) is 15.3 Å². The second-order valence-corrected chi connectivity index (χ2v) is 8.12. The van der Waals surface area contributed by atoms with Gasteiger partial charge in [0, 0.05) is 17.7 Å². The summed E-state index contributed by atoms with van der Waals surface area (Å²) in [6.07, 6.45) is 4.16. The summed E-state index contributed by atoms with van der Waals surface area (Å²) in [5.41, 5.74) is 8.62. The molecule has 0 spiro atoms. The Morgan fingerprint density at radius 1 is 1.06 bits per heavy atom. The highest BCUT2D eigenvalue weighted by atomic mass is 16.5. The molecule has 0 saturated carbocycles. The van der Waals surface area contributed by atoms with Gasteiger partial charge in [-0.2, -0.15) is 0 Å². The maximum Gasteiger partial charge on any atom is 0.330 e. The topological polar surface area (TPSA) is 130 Å². The molecule has 2 aromatic heterocycles. The van der Waals surface area contributed by atoms with Gasteiger partial charge in [0.1, 0.15) is 29.9 Å². The number of anilines is 1. The summed E-state index contributed by atoms with van der Waals surface area (Å²) in [7, 11) is 1.64. The first-order valence-corrected chi connectivity index (χ1v) is 11.7. The number of ether oxygens (including phenoxy) is 2. The highest BCUT2D eigenvalue weighted by molar-refractivity contribution is 6.05. The number of carbonyl (C=O) groups excluding carboxylic acids is 2. The number of hydrogen-bond donors (Lipinski definition) is 2. The van der Waals surface area contributed by atoms with Gasteiger partial charge in [-0.15, -0.1) is 0 Å². The summed E-state index contributed by atoms with van der Waals surface area (Å²) in [5.74, 6) is 1.46. The number of aromatic nitrogens is 2. The Balaban J connectivity index is 1.52. The zero-order valence-corrected chi connectivity index (χ0v) is 20.0. The van der Waals surface area contributed by atoms with Crippen LogP contribution in [-0.2, 0) is 14.3 Å². The van der Waals surface area contributed by atoms with Gasteiger partial charge in [0.2, 0.25) is 5.71 Å². The van der Waals surface area contributed by atoms with Crippen molar-refractivity contribution >= 4 is 29.2 Å². The van der Waals surface area contributed by atoms with Crippen molar-refractivity contribution in [2.45, 2.75) is 25.3 Å². The second-order valence-electron chi connectivity index (χ2n) is 8.12. The fourth-order valence-electron chi connectivity index (χ4n) is 3.83. The zero-order chi connectivity index (χ0) is 25.3. The summed E-state index contributed by atoms with van der Waals surface area (Å²) < 4.78 is 16.6. The van der Waals surface area contributed by atoms with Crippen LogP contribution in [0.1, 0.15) is 19.3 Å². The second kappa shape index (κ2) is 11.9. The van der Waals surface area contributed by atoms with Crippen molar-refractivity contribution < 1.29 is 23.5 Å². The Morgan fingerprint density at radius 2 is 1.83 bits per heavy atom. The molecule has 1 unspecified atom stereocenters. The first-order chi connectivity index (χ1) is 17.6. The first-order valence-electron chi connectivity index (χ1n) is 11.7. The molecule has 0 radical (unpaired) electrons. The van der Waals surface area contributed by atoms with Gasteiger partial charge in [-0.05, 0) is 37.0 Å². The van der Waals surface area contributed by atoms with Gasteiger partial charge in [-0.25, -0.2) is 14.8 Å². The van der Waals surface area contributed by atoms with Gasteiger partial charge < -0.3 is 29.7 Å². The summed E-state index contributed by atoms with van der Waals surface area (Å²) in [4.78, 5) is 30.8. The molecule has 36 heavy (non-hydrogen) atoms. The predicted octanol–water partition coefficient (Wildman–Crippen LogP) is 4.22. The highest BCUT2D eigenvalue weighted by Gasteiger charge is 2.22. The minimum absolute atomic E-state index is 0.224. The van der Waals surface area contributed by atoms with E-state index in [4.69, 9.17) is 19.6 Å². The summed E-state index contributed by atoms with van der Waals surface area (Å²) in [6, 6.07) is 16.5. The number of aldehydes is 1. The normalized spacial score (nSPS) is 11.7. The number of hydrogen-bond acceptors (Lipinski definition) is 9. The van der Waals surface area contributed by atoms with Crippen LogP contribution in [0.25, 0.3) is 33.6 Å². The number of carbonyl (C=O) groups is 2. The Morgan fingerprint density at radius 3 is 2.56 bits per heavy atom. The van der Waals surface area contributed by atoms with E-state index in [1.807, 2.05) is 54.6 Å². The maximum atomic E-state index is 11.4. The molecule has 0 amide bonds. The van der Waals surface area contributed by atoms with Crippen LogP contribution in [0.5, 0.6) is 5.75 Å². The SMILES string of the molecule is COc1ccc(-c2c(-c3ccccc3)oc3ncnc(NCCCCCOC(=O)C(N)C=O)c23)cc1. The van der Waals surface area contributed by atoms with E-state index in [0.29, 0.717) is 30.8 Å². The number of unbranched alkanes of at least 4 members (excludes halogenated alkanes) is 2. The Labute approximate surface area is 208 Å². The van der Waals surface area contributed by atoms with Crippen LogP contribution in [0.15, 0.2) is 65.3 Å². The van der Waals surface area contributed by atoms with Crippen molar-refractivity contribution in [3.05, 3.63) is 60.9 Å². The Hall–Kier alpha value is -4.24. The summed E-state index contributed by atoms with van der Waals surface area (Å²) in [5, 5.41) is 4.21. The first kappa shape index (κ1) is 24.9. The molecule has 4 aromatic rings. The molecule has 2 aromatic carbocycles. The number of rotatable bonds is 12. The van der Waals surface area contributed by atoms with E-state index in [1.165, 1.54) is 6.33 Å². The number of methoxy groups -OCH3 is 1. The van der Waals surface area contributed by atoms with E-state index in [1.54, 1.807) is 7.11 Å². The molecule has 0 fully saturated rings. The molecule has 1 atom stereocenters. The van der Waals surface area contributed by atoms with E-state index in [-0.39, 0.29) is 6.61 Å². The van der Waals surface area contributed by atoms with Crippen molar-refractivity contribution in [2.24, 2.45) is 5.73 Å². The van der Waals surface area contributed by atoms with Crippen LogP contribution in [0, 0.1) is 0 Å². The van der Waals surface area contributed by atoms with Gasteiger partial charge in [-0.1, -0.05) is 42.5 Å². The third kappa shape index (κ3) is 5.69. The maximum absolute atomic E-state index is 11.4. The number of nitrogens with two attached hydrogens (primary N) is 1. The molecule has 0 saturated heterocycles. The smallest absolute Gasteiger partial charge is 0.330 e. The largest absolute Gasteiger partial charge is 0.497 e. The van der Waals surface area contributed by atoms with Crippen molar-refractivity contribution in [1.29, 1.82) is 0 Å². The number of benzene rings is 2. The fraction of sp³-hybridized carbons (Fsp3) is 0.259. The lowest BCUT2D eigenvalue weighted by Crippen LogP contribution is -2.33. The minimum Gasteiger partial charge on any atom is -0.497 e. The molecular formula is C27H28N4O5. The van der Waals surface area contributed by atoms with Gasteiger partial charge in [-0.3, -0.25) is 0 Å². The lowest BCUT2D eigenvalue weighted by molar-refractivity contribution is -0.146. The van der Waals surface area contributed by atoms with Crippen LogP contribution in [0.2, 0.25) is 0 Å². The van der Waals surface area contributed by atoms with Crippen molar-refractivity contribution in [3.8, 4) is 28.2 Å². The average molecular weight is 489 g/mol. The molecule has 9 nitrogen and oxygen atoms in total. The lowest BCUT2D eigenvalue weighted by Gasteiger charge is -2.09. The van der Waals surface area contributed by atoms with E-state index < -0.39 is 12.0 Å². The summed E-state index contributed by atoms with van der Waals surface area (Å²) >= 11 is 0. The molecule has 0 aliphatic rings. The number of furan rings is 1. The van der Waals surface area contributed by atoms with E-state index in [9.17, 15) is 9.59 Å². The molecule has 2 heterocycles. The Kier molecular flexibility index (Phi) is 8.25. The van der Waals surface area contributed by atoms with E-state index in [0.717, 1.165) is 46.4 Å². The molecule has 0 aliphatic heterocycles. The van der Waals surface area contributed by atoms with Gasteiger partial charge in [0.25, 0.3) is 0 Å². The zero-order valence-electron chi connectivity index (χ0n) is 20.0. The average Bonchev–Trinajstić information content (AvgIpc) is 3.33. The molecular weight excluding hydrogens is 460 g/mol. The monoisotopic (exact) mass is 488 g/mol. The molecule has 3 N–H and O–H groups in total. The fourth-order valence-corrected chi connectivity index (χ4v) is 3.83. The molecule has 9 heteroatoms. The molecule has 186 valence electrons. The lowest BCUT2D eigenvalue weighted by atomic mass is 9.99. The highest BCUT2D eigenvalue weighted by Crippen LogP contribution is 2.42. The van der Waals surface area contributed by atoms with Crippen LogP contribution in [-0.4, -0.2) is 48.5 Å². The standard InChI is InChI=1S/C27H28N4O5/c1-34-20-12-10-18(11-13-20)22-23-25(29-14-6-3-7-15-35-27(33)21(28)16-32)30-17-31-26(23)36-24(22)19-8-4-2-5-9-19/h2,4-5,8-13,16-17,21H,3,6-7,14-15,28H2,1H3,(H,29,30,31). The molecule has 4 rings (SSSR count). The Bertz CT molecular complexity index is 1310.